The van der Waals surface area contributed by atoms with Crippen LogP contribution in [0.3, 0.4) is 0 Å². The minimum absolute atomic E-state index is 0.737. The lowest BCUT2D eigenvalue weighted by atomic mass is 10.1. The van der Waals surface area contributed by atoms with Gasteiger partial charge in [0.1, 0.15) is 11.5 Å². The number of fused-ring (bicyclic) bond motifs is 1. The molecule has 3 aromatic carbocycles. The van der Waals surface area contributed by atoms with Crippen LogP contribution in [0.15, 0.2) is 91.4 Å². The molecule has 6 nitrogen and oxygen atoms in total. The lowest BCUT2D eigenvalue weighted by Gasteiger charge is -2.25. The van der Waals surface area contributed by atoms with Gasteiger partial charge in [-0.3, -0.25) is 10.1 Å². The Labute approximate surface area is 198 Å². The fraction of sp³-hybridized carbons (Fsp3) is 0.143. The van der Waals surface area contributed by atoms with Gasteiger partial charge in [-0.05, 0) is 53.1 Å². The van der Waals surface area contributed by atoms with Gasteiger partial charge < -0.3 is 14.4 Å². The molecule has 0 saturated carbocycles. The highest BCUT2D eigenvalue weighted by Crippen LogP contribution is 2.28. The Bertz CT molecular complexity index is 1330. The van der Waals surface area contributed by atoms with Crippen molar-refractivity contribution in [3.8, 4) is 22.6 Å². The molecule has 6 heteroatoms. The van der Waals surface area contributed by atoms with E-state index in [9.17, 15) is 0 Å². The number of nitrogens with zero attached hydrogens (tertiary/aromatic N) is 3. The molecule has 0 spiro atoms. The molecule has 0 aliphatic rings. The molecule has 0 saturated heterocycles. The van der Waals surface area contributed by atoms with Gasteiger partial charge in [0.2, 0.25) is 0 Å². The van der Waals surface area contributed by atoms with E-state index in [1.165, 1.54) is 11.1 Å². The normalized spacial score (nSPS) is 10.9. The summed E-state index contributed by atoms with van der Waals surface area (Å²) in [6.07, 6.45) is 5.66. The SMILES string of the molecule is COc1ccc(CN(Cc2ccc(OC)cc2)c2cncc(-c3ccc4cn[nH]c4c3)c2)cc1. The van der Waals surface area contributed by atoms with Gasteiger partial charge in [-0.1, -0.05) is 36.4 Å². The van der Waals surface area contributed by atoms with Crippen molar-refractivity contribution in [3.63, 3.8) is 0 Å². The van der Waals surface area contributed by atoms with Gasteiger partial charge in [-0.15, -0.1) is 0 Å². The summed E-state index contributed by atoms with van der Waals surface area (Å²) in [5.74, 6) is 1.70. The third kappa shape index (κ3) is 4.71. The van der Waals surface area contributed by atoms with Crippen LogP contribution < -0.4 is 14.4 Å². The Morgan fingerprint density at radius 1 is 0.706 bits per heavy atom. The number of benzene rings is 3. The van der Waals surface area contributed by atoms with Crippen LogP contribution >= 0.6 is 0 Å². The van der Waals surface area contributed by atoms with Crippen molar-refractivity contribution < 1.29 is 9.47 Å². The van der Waals surface area contributed by atoms with Crippen LogP contribution in [-0.4, -0.2) is 29.4 Å². The number of aromatic amines is 1. The zero-order valence-corrected chi connectivity index (χ0v) is 19.2. The number of hydrogen-bond acceptors (Lipinski definition) is 5. The fourth-order valence-corrected chi connectivity index (χ4v) is 4.02. The summed E-state index contributed by atoms with van der Waals surface area (Å²) in [6.45, 7) is 1.47. The second kappa shape index (κ2) is 9.67. The van der Waals surface area contributed by atoms with Crippen LogP contribution in [0, 0.1) is 0 Å². The molecule has 5 aromatic rings. The molecular formula is C28H26N4O2. The first-order chi connectivity index (χ1) is 16.7. The van der Waals surface area contributed by atoms with Gasteiger partial charge in [0.25, 0.3) is 0 Å². The molecule has 1 N–H and O–H groups in total. The molecule has 5 rings (SSSR count). The number of aromatic nitrogens is 3. The number of ether oxygens (including phenoxy) is 2. The predicted octanol–water partition coefficient (Wildman–Crippen LogP) is 5.85. The quantitative estimate of drug-likeness (QED) is 0.321. The zero-order chi connectivity index (χ0) is 23.3. The maximum Gasteiger partial charge on any atom is 0.118 e. The average molecular weight is 451 g/mol. The summed E-state index contributed by atoms with van der Waals surface area (Å²) in [5.41, 5.74) is 6.60. The van der Waals surface area contributed by atoms with Crippen molar-refractivity contribution >= 4 is 16.6 Å². The summed E-state index contributed by atoms with van der Waals surface area (Å²) >= 11 is 0. The van der Waals surface area contributed by atoms with Crippen molar-refractivity contribution in [2.75, 3.05) is 19.1 Å². The Morgan fingerprint density at radius 2 is 1.35 bits per heavy atom. The van der Waals surface area contributed by atoms with Gasteiger partial charge in [-0.25, -0.2) is 0 Å². The molecule has 0 bridgehead atoms. The Morgan fingerprint density at radius 3 is 1.97 bits per heavy atom. The molecule has 0 aliphatic heterocycles. The maximum absolute atomic E-state index is 5.32. The third-order valence-electron chi connectivity index (χ3n) is 5.93. The van der Waals surface area contributed by atoms with E-state index in [4.69, 9.17) is 9.47 Å². The number of nitrogens with one attached hydrogen (secondary N) is 1. The average Bonchev–Trinajstić information content (AvgIpc) is 3.37. The van der Waals surface area contributed by atoms with Crippen LogP contribution in [0.4, 0.5) is 5.69 Å². The zero-order valence-electron chi connectivity index (χ0n) is 19.2. The Balaban J connectivity index is 1.48. The number of hydrogen-bond donors (Lipinski definition) is 1. The van der Waals surface area contributed by atoms with E-state index in [2.05, 4.69) is 68.6 Å². The summed E-state index contributed by atoms with van der Waals surface area (Å²) in [6, 6.07) is 24.9. The summed E-state index contributed by atoms with van der Waals surface area (Å²) in [5, 5.41) is 8.27. The van der Waals surface area contributed by atoms with Gasteiger partial charge >= 0.3 is 0 Å². The third-order valence-corrected chi connectivity index (χ3v) is 5.93. The van der Waals surface area contributed by atoms with E-state index in [-0.39, 0.29) is 0 Å². The topological polar surface area (TPSA) is 63.3 Å². The maximum atomic E-state index is 5.32. The molecule has 0 aliphatic carbocycles. The second-order valence-corrected chi connectivity index (χ2v) is 8.16. The predicted molar refractivity (Wildman–Crippen MR) is 135 cm³/mol. The van der Waals surface area contributed by atoms with E-state index in [1.807, 2.05) is 42.9 Å². The molecule has 2 heterocycles. The second-order valence-electron chi connectivity index (χ2n) is 8.16. The Kier molecular flexibility index (Phi) is 6.12. The number of methoxy groups -OCH3 is 2. The van der Waals surface area contributed by atoms with E-state index in [1.54, 1.807) is 14.2 Å². The fourth-order valence-electron chi connectivity index (χ4n) is 4.02. The van der Waals surface area contributed by atoms with E-state index < -0.39 is 0 Å². The molecule has 0 unspecified atom stereocenters. The van der Waals surface area contributed by atoms with Crippen molar-refractivity contribution in [3.05, 3.63) is 103 Å². The number of anilines is 1. The lowest BCUT2D eigenvalue weighted by molar-refractivity contribution is 0.414. The molecular weight excluding hydrogens is 424 g/mol. The highest BCUT2D eigenvalue weighted by atomic mass is 16.5. The highest BCUT2D eigenvalue weighted by molar-refractivity contribution is 5.84. The molecule has 34 heavy (non-hydrogen) atoms. The summed E-state index contributed by atoms with van der Waals surface area (Å²) in [4.78, 5) is 6.91. The highest BCUT2D eigenvalue weighted by Gasteiger charge is 2.12. The van der Waals surface area contributed by atoms with Crippen LogP contribution in [-0.2, 0) is 13.1 Å². The van der Waals surface area contributed by atoms with Crippen molar-refractivity contribution in [1.29, 1.82) is 0 Å². The standard InChI is InChI=1S/C28H26N4O2/c1-33-26-9-3-20(4-10-26)18-32(19-21-5-11-27(34-2)12-6-21)25-13-24(15-29-17-25)22-7-8-23-16-30-31-28(23)14-22/h3-17H,18-19H2,1-2H3,(H,30,31). The molecule has 0 radical (unpaired) electrons. The van der Waals surface area contributed by atoms with Gasteiger partial charge in [-0.2, -0.15) is 5.10 Å². The largest absolute Gasteiger partial charge is 0.497 e. The summed E-state index contributed by atoms with van der Waals surface area (Å²) in [7, 11) is 3.37. The van der Waals surface area contributed by atoms with E-state index in [0.717, 1.165) is 52.3 Å². The first-order valence-electron chi connectivity index (χ1n) is 11.1. The first-order valence-corrected chi connectivity index (χ1v) is 11.1. The van der Waals surface area contributed by atoms with E-state index >= 15 is 0 Å². The molecule has 0 amide bonds. The van der Waals surface area contributed by atoms with Crippen LogP contribution in [0.1, 0.15) is 11.1 Å². The first kappa shape index (κ1) is 21.5. The van der Waals surface area contributed by atoms with Crippen LogP contribution in [0.25, 0.3) is 22.0 Å². The molecule has 170 valence electrons. The summed E-state index contributed by atoms with van der Waals surface area (Å²) < 4.78 is 10.6. The van der Waals surface area contributed by atoms with Crippen molar-refractivity contribution in [2.45, 2.75) is 13.1 Å². The van der Waals surface area contributed by atoms with Crippen LogP contribution in [0.5, 0.6) is 11.5 Å². The van der Waals surface area contributed by atoms with Crippen molar-refractivity contribution in [2.24, 2.45) is 0 Å². The number of H-pyrrole nitrogens is 1. The van der Waals surface area contributed by atoms with Gasteiger partial charge in [0.05, 0.1) is 37.8 Å². The monoisotopic (exact) mass is 450 g/mol. The van der Waals surface area contributed by atoms with Crippen molar-refractivity contribution in [1.82, 2.24) is 15.2 Å². The minimum Gasteiger partial charge on any atom is -0.497 e. The number of rotatable bonds is 8. The Hall–Kier alpha value is -4.32. The van der Waals surface area contributed by atoms with E-state index in [0.29, 0.717) is 0 Å². The molecule has 0 fully saturated rings. The van der Waals surface area contributed by atoms with Crippen LogP contribution in [0.2, 0.25) is 0 Å². The number of pyridine rings is 1. The van der Waals surface area contributed by atoms with Gasteiger partial charge in [0.15, 0.2) is 0 Å². The lowest BCUT2D eigenvalue weighted by Crippen LogP contribution is -2.22. The molecule has 0 atom stereocenters. The minimum atomic E-state index is 0.737. The van der Waals surface area contributed by atoms with Gasteiger partial charge in [0, 0.05) is 30.2 Å². The molecule has 2 aromatic heterocycles. The smallest absolute Gasteiger partial charge is 0.118 e.